The molecule has 0 heterocycles. The quantitative estimate of drug-likeness (QED) is 0.674. The molecule has 3 aliphatic rings. The second-order valence-electron chi connectivity index (χ2n) is 9.38. The summed E-state index contributed by atoms with van der Waals surface area (Å²) in [7, 11) is 0. The van der Waals surface area contributed by atoms with Crippen molar-refractivity contribution in [1.29, 1.82) is 0 Å². The van der Waals surface area contributed by atoms with Crippen molar-refractivity contribution >= 4 is 18.0 Å². The Kier molecular flexibility index (Phi) is 5.35. The second-order valence-corrected chi connectivity index (χ2v) is 9.38. The van der Waals surface area contributed by atoms with E-state index in [0.717, 1.165) is 24.0 Å². The third-order valence-corrected chi connectivity index (χ3v) is 7.50. The fourth-order valence-corrected chi connectivity index (χ4v) is 5.88. The Morgan fingerprint density at radius 2 is 1.70 bits per heavy atom. The maximum Gasteiger partial charge on any atom is 0.407 e. The molecule has 0 aliphatic heterocycles. The standard InChI is InChI=1S/C26H28N2O5/c1-2-28(14-23(29)30)24(31)26-12-16(26)11-17(13-26)27-25(32)33-15-22-20-9-5-3-7-18(20)19-8-4-6-10-21(19)22/h3-10,16-17,22H,2,11-15H2,1H3,(H,27,32)(H,29,30)/t16-,17+,26+/m1/s1. The number of fused-ring (bicyclic) bond motifs is 4. The Labute approximate surface area is 192 Å². The lowest BCUT2D eigenvalue weighted by Crippen LogP contribution is -2.42. The van der Waals surface area contributed by atoms with Crippen LogP contribution in [-0.2, 0) is 14.3 Å². The van der Waals surface area contributed by atoms with Gasteiger partial charge in [-0.05, 0) is 54.4 Å². The van der Waals surface area contributed by atoms with E-state index in [-0.39, 0.29) is 36.9 Å². The maximum atomic E-state index is 13.0. The molecule has 3 atom stereocenters. The fourth-order valence-electron chi connectivity index (χ4n) is 5.88. The zero-order valence-corrected chi connectivity index (χ0v) is 18.6. The largest absolute Gasteiger partial charge is 0.480 e. The Morgan fingerprint density at radius 1 is 1.06 bits per heavy atom. The van der Waals surface area contributed by atoms with Gasteiger partial charge >= 0.3 is 12.1 Å². The number of benzene rings is 2. The van der Waals surface area contributed by atoms with Crippen LogP contribution >= 0.6 is 0 Å². The summed E-state index contributed by atoms with van der Waals surface area (Å²) in [6, 6.07) is 16.3. The van der Waals surface area contributed by atoms with E-state index in [1.165, 1.54) is 16.0 Å². The molecule has 0 radical (unpaired) electrons. The number of hydrogen-bond donors (Lipinski definition) is 2. The summed E-state index contributed by atoms with van der Waals surface area (Å²) in [4.78, 5) is 38.0. The lowest BCUT2D eigenvalue weighted by Gasteiger charge is -2.25. The van der Waals surface area contributed by atoms with E-state index < -0.39 is 17.5 Å². The molecule has 2 aromatic carbocycles. The van der Waals surface area contributed by atoms with E-state index in [1.807, 2.05) is 24.3 Å². The monoisotopic (exact) mass is 448 g/mol. The molecule has 2 fully saturated rings. The molecule has 0 aromatic heterocycles. The van der Waals surface area contributed by atoms with Crippen molar-refractivity contribution in [3.63, 3.8) is 0 Å². The van der Waals surface area contributed by atoms with E-state index >= 15 is 0 Å². The lowest BCUT2D eigenvalue weighted by molar-refractivity contribution is -0.147. The van der Waals surface area contributed by atoms with E-state index in [1.54, 1.807) is 6.92 Å². The Bertz CT molecular complexity index is 1070. The Morgan fingerprint density at radius 3 is 2.30 bits per heavy atom. The van der Waals surface area contributed by atoms with E-state index in [0.29, 0.717) is 13.0 Å². The minimum Gasteiger partial charge on any atom is -0.480 e. The lowest BCUT2D eigenvalue weighted by atomic mass is 9.98. The highest BCUT2D eigenvalue weighted by atomic mass is 16.5. The van der Waals surface area contributed by atoms with Gasteiger partial charge in [-0.1, -0.05) is 48.5 Å². The number of ether oxygens (including phenoxy) is 1. The van der Waals surface area contributed by atoms with E-state index in [2.05, 4.69) is 29.6 Å². The fraction of sp³-hybridized carbons (Fsp3) is 0.423. The number of hydrogen-bond acceptors (Lipinski definition) is 4. The van der Waals surface area contributed by atoms with Crippen LogP contribution in [0.5, 0.6) is 0 Å². The molecule has 2 N–H and O–H groups in total. The molecule has 0 saturated heterocycles. The van der Waals surface area contributed by atoms with E-state index in [9.17, 15) is 14.4 Å². The molecule has 0 unspecified atom stereocenters. The second kappa shape index (κ2) is 8.21. The van der Waals surface area contributed by atoms with Gasteiger partial charge in [0, 0.05) is 18.5 Å². The van der Waals surface area contributed by atoms with Crippen molar-refractivity contribution in [3.8, 4) is 11.1 Å². The van der Waals surface area contributed by atoms with Gasteiger partial charge in [0.05, 0.1) is 5.41 Å². The molecule has 0 bridgehead atoms. The number of aliphatic carboxylic acids is 1. The number of likely N-dealkylation sites (N-methyl/N-ethyl adjacent to an activating group) is 1. The molecule has 5 rings (SSSR count). The van der Waals surface area contributed by atoms with Crippen molar-refractivity contribution < 1.29 is 24.2 Å². The Balaban J connectivity index is 1.19. The number of nitrogens with zero attached hydrogens (tertiary/aromatic N) is 1. The highest BCUT2D eigenvalue weighted by Gasteiger charge is 2.66. The van der Waals surface area contributed by atoms with Gasteiger partial charge in [-0.2, -0.15) is 0 Å². The third-order valence-electron chi connectivity index (χ3n) is 7.50. The van der Waals surface area contributed by atoms with Crippen LogP contribution in [0.2, 0.25) is 0 Å². The summed E-state index contributed by atoms with van der Waals surface area (Å²) in [6.45, 7) is 2.12. The number of carbonyl (C=O) groups excluding carboxylic acids is 2. The molecule has 7 nitrogen and oxygen atoms in total. The third kappa shape index (κ3) is 3.75. The predicted molar refractivity (Wildman–Crippen MR) is 122 cm³/mol. The molecular weight excluding hydrogens is 420 g/mol. The molecule has 172 valence electrons. The van der Waals surface area contributed by atoms with Crippen LogP contribution in [0.4, 0.5) is 4.79 Å². The molecular formula is C26H28N2O5. The van der Waals surface area contributed by atoms with Gasteiger partial charge in [-0.15, -0.1) is 0 Å². The average molecular weight is 449 g/mol. The van der Waals surface area contributed by atoms with Crippen LogP contribution in [0.3, 0.4) is 0 Å². The van der Waals surface area contributed by atoms with Crippen LogP contribution in [0.25, 0.3) is 11.1 Å². The predicted octanol–water partition coefficient (Wildman–Crippen LogP) is 3.63. The average Bonchev–Trinajstić information content (AvgIpc) is 3.23. The number of rotatable bonds is 7. The zero-order chi connectivity index (χ0) is 23.2. The van der Waals surface area contributed by atoms with Crippen LogP contribution in [0.1, 0.15) is 43.2 Å². The van der Waals surface area contributed by atoms with Gasteiger partial charge in [0.2, 0.25) is 5.91 Å². The van der Waals surface area contributed by atoms with Crippen LogP contribution in [0, 0.1) is 11.3 Å². The highest BCUT2D eigenvalue weighted by Crippen LogP contribution is 2.64. The number of nitrogens with one attached hydrogen (secondary N) is 1. The van der Waals surface area contributed by atoms with Crippen molar-refractivity contribution in [1.82, 2.24) is 10.2 Å². The topological polar surface area (TPSA) is 95.9 Å². The summed E-state index contributed by atoms with van der Waals surface area (Å²) >= 11 is 0. The van der Waals surface area contributed by atoms with Gasteiger partial charge in [0.25, 0.3) is 0 Å². The number of alkyl carbamates (subject to hydrolysis) is 1. The molecule has 2 aromatic rings. The summed E-state index contributed by atoms with van der Waals surface area (Å²) in [5, 5.41) is 12.0. The number of amides is 2. The number of carboxylic acids is 1. The molecule has 7 heteroatoms. The summed E-state index contributed by atoms with van der Waals surface area (Å²) in [6.07, 6.45) is 1.56. The maximum absolute atomic E-state index is 13.0. The molecule has 2 saturated carbocycles. The first-order valence-corrected chi connectivity index (χ1v) is 11.6. The first kappa shape index (κ1) is 21.5. The highest BCUT2D eigenvalue weighted by molar-refractivity contribution is 5.89. The summed E-state index contributed by atoms with van der Waals surface area (Å²) in [5.74, 6) is -0.909. The van der Waals surface area contributed by atoms with Crippen molar-refractivity contribution in [2.24, 2.45) is 11.3 Å². The zero-order valence-electron chi connectivity index (χ0n) is 18.6. The SMILES string of the molecule is CCN(CC(=O)O)C(=O)[C@@]12C[C@@H](NC(=O)OCC3c4ccccc4-c4ccccc43)C[C@@H]1C2. The minimum atomic E-state index is -1.01. The number of carboxylic acid groups (broad SMARTS) is 1. The summed E-state index contributed by atoms with van der Waals surface area (Å²) in [5.41, 5.74) is 4.17. The van der Waals surface area contributed by atoms with Gasteiger partial charge in [0.15, 0.2) is 0 Å². The number of carbonyl (C=O) groups is 3. The summed E-state index contributed by atoms with van der Waals surface area (Å²) < 4.78 is 5.64. The minimum absolute atomic E-state index is 0.00202. The molecule has 33 heavy (non-hydrogen) atoms. The van der Waals surface area contributed by atoms with Gasteiger partial charge in [-0.25, -0.2) is 4.79 Å². The van der Waals surface area contributed by atoms with Crippen molar-refractivity contribution in [2.75, 3.05) is 19.7 Å². The van der Waals surface area contributed by atoms with E-state index in [4.69, 9.17) is 9.84 Å². The van der Waals surface area contributed by atoms with Gasteiger partial charge in [0.1, 0.15) is 13.2 Å². The van der Waals surface area contributed by atoms with Gasteiger partial charge < -0.3 is 20.1 Å². The first-order valence-electron chi connectivity index (χ1n) is 11.6. The molecule has 3 aliphatic carbocycles. The van der Waals surface area contributed by atoms with Crippen molar-refractivity contribution in [3.05, 3.63) is 59.7 Å². The van der Waals surface area contributed by atoms with Crippen LogP contribution in [0.15, 0.2) is 48.5 Å². The molecule has 2 amide bonds. The Hall–Kier alpha value is -3.35. The first-order chi connectivity index (χ1) is 15.9. The molecule has 0 spiro atoms. The normalized spacial score (nSPS) is 24.4. The van der Waals surface area contributed by atoms with Crippen LogP contribution < -0.4 is 5.32 Å². The van der Waals surface area contributed by atoms with Gasteiger partial charge in [-0.3, -0.25) is 9.59 Å². The van der Waals surface area contributed by atoms with Crippen molar-refractivity contribution in [2.45, 2.75) is 38.1 Å². The van der Waals surface area contributed by atoms with Crippen LogP contribution in [-0.4, -0.2) is 53.7 Å². The smallest absolute Gasteiger partial charge is 0.407 e.